The van der Waals surface area contributed by atoms with Crippen molar-refractivity contribution >= 4 is 17.9 Å². The Kier molecular flexibility index (Phi) is 14.2. The van der Waals surface area contributed by atoms with Crippen LogP contribution in [-0.4, -0.2) is 44.5 Å². The fraction of sp³-hybridized carbons (Fsp3) is 0.786. The lowest BCUT2D eigenvalue weighted by Gasteiger charge is -2.10. The third kappa shape index (κ3) is 11.7. The molecule has 0 fully saturated rings. The van der Waals surface area contributed by atoms with Crippen LogP contribution >= 0.6 is 0 Å². The van der Waals surface area contributed by atoms with Crippen LogP contribution in [0.3, 0.4) is 0 Å². The van der Waals surface area contributed by atoms with Crippen LogP contribution in [0.15, 0.2) is 0 Å². The molecule has 0 unspecified atom stereocenters. The summed E-state index contributed by atoms with van der Waals surface area (Å²) in [7, 11) is 3.69. The minimum absolute atomic E-state index is 0.0208. The standard InChI is InChI=1S/C7H16N2O.C7H12O2/c1-6(10)7(9-3)4-5-8-2;1-3-7(4-5-8)6(2)9/h7-9H,4-5H2,1-3H3;5,7H,3-4H2,1-2H3/t2*7-/m00/s1. The van der Waals surface area contributed by atoms with Gasteiger partial charge in [0.15, 0.2) is 0 Å². The third-order valence-electron chi connectivity index (χ3n) is 2.97. The first-order valence-corrected chi connectivity index (χ1v) is 6.70. The summed E-state index contributed by atoms with van der Waals surface area (Å²) < 4.78 is 0. The van der Waals surface area contributed by atoms with Gasteiger partial charge >= 0.3 is 0 Å². The molecule has 5 heteroatoms. The summed E-state index contributed by atoms with van der Waals surface area (Å²) >= 11 is 0. The Bertz CT molecular complexity index is 267. The van der Waals surface area contributed by atoms with Crippen LogP contribution in [0, 0.1) is 5.92 Å². The largest absolute Gasteiger partial charge is 0.320 e. The molecule has 0 rings (SSSR count). The van der Waals surface area contributed by atoms with Gasteiger partial charge in [-0.05, 0) is 47.3 Å². The number of likely N-dealkylation sites (N-methyl/N-ethyl adjacent to an activating group) is 1. The van der Waals surface area contributed by atoms with Gasteiger partial charge in [-0.15, -0.1) is 0 Å². The van der Waals surface area contributed by atoms with E-state index in [0.29, 0.717) is 6.42 Å². The number of carbonyl (C=O) groups is 3. The first-order chi connectivity index (χ1) is 8.94. The van der Waals surface area contributed by atoms with E-state index in [4.69, 9.17) is 0 Å². The van der Waals surface area contributed by atoms with Gasteiger partial charge in [-0.3, -0.25) is 9.59 Å². The molecule has 2 atom stereocenters. The smallest absolute Gasteiger partial charge is 0.146 e. The number of ketones is 2. The normalized spacial score (nSPS) is 12.9. The van der Waals surface area contributed by atoms with Crippen molar-refractivity contribution in [2.45, 2.75) is 46.1 Å². The number of hydrogen-bond acceptors (Lipinski definition) is 5. The maximum absolute atomic E-state index is 10.8. The highest BCUT2D eigenvalue weighted by molar-refractivity contribution is 5.81. The zero-order valence-electron chi connectivity index (χ0n) is 12.8. The molecule has 0 heterocycles. The second kappa shape index (κ2) is 13.4. The van der Waals surface area contributed by atoms with E-state index < -0.39 is 0 Å². The number of carbonyl (C=O) groups excluding carboxylic acids is 3. The van der Waals surface area contributed by atoms with Crippen LogP contribution in [0.2, 0.25) is 0 Å². The van der Waals surface area contributed by atoms with Crippen molar-refractivity contribution in [3.63, 3.8) is 0 Å². The minimum Gasteiger partial charge on any atom is -0.320 e. The second-order valence-corrected chi connectivity index (χ2v) is 4.46. The molecule has 0 saturated heterocycles. The third-order valence-corrected chi connectivity index (χ3v) is 2.97. The molecular formula is C14H28N2O3. The van der Waals surface area contributed by atoms with Gasteiger partial charge in [0.1, 0.15) is 17.9 Å². The zero-order chi connectivity index (χ0) is 15.3. The molecule has 0 aromatic heterocycles. The molecule has 19 heavy (non-hydrogen) atoms. The lowest BCUT2D eigenvalue weighted by molar-refractivity contribution is -0.123. The van der Waals surface area contributed by atoms with E-state index in [0.717, 1.165) is 25.7 Å². The summed E-state index contributed by atoms with van der Waals surface area (Å²) in [5, 5.41) is 5.94. The van der Waals surface area contributed by atoms with Crippen molar-refractivity contribution in [2.75, 3.05) is 20.6 Å². The quantitative estimate of drug-likeness (QED) is 0.612. The van der Waals surface area contributed by atoms with E-state index in [-0.39, 0.29) is 23.5 Å². The van der Waals surface area contributed by atoms with E-state index in [9.17, 15) is 14.4 Å². The molecule has 0 saturated carbocycles. The van der Waals surface area contributed by atoms with Crippen LogP contribution in [0.5, 0.6) is 0 Å². The van der Waals surface area contributed by atoms with Crippen molar-refractivity contribution < 1.29 is 14.4 Å². The Hall–Kier alpha value is -1.07. The minimum atomic E-state index is -0.0394. The predicted molar refractivity (Wildman–Crippen MR) is 77.2 cm³/mol. The Morgan fingerprint density at radius 2 is 1.74 bits per heavy atom. The van der Waals surface area contributed by atoms with Crippen LogP contribution in [0.1, 0.15) is 40.0 Å². The lowest BCUT2D eigenvalue weighted by Crippen LogP contribution is -2.34. The van der Waals surface area contributed by atoms with Gasteiger partial charge in [-0.25, -0.2) is 0 Å². The van der Waals surface area contributed by atoms with Gasteiger partial charge in [0.2, 0.25) is 0 Å². The maximum atomic E-state index is 10.8. The summed E-state index contributed by atoms with van der Waals surface area (Å²) in [6.45, 7) is 5.93. The highest BCUT2D eigenvalue weighted by Gasteiger charge is 2.09. The molecule has 0 aliphatic rings. The molecule has 112 valence electrons. The van der Waals surface area contributed by atoms with Crippen molar-refractivity contribution in [2.24, 2.45) is 5.92 Å². The first-order valence-electron chi connectivity index (χ1n) is 6.70. The summed E-state index contributed by atoms with van der Waals surface area (Å²) in [5.74, 6) is 0.282. The Labute approximate surface area is 116 Å². The number of nitrogens with one attached hydrogen (secondary N) is 2. The predicted octanol–water partition coefficient (Wildman–Crippen LogP) is 0.964. The molecule has 0 spiro atoms. The average Bonchev–Trinajstić information content (AvgIpc) is 2.36. The molecule has 2 N–H and O–H groups in total. The summed E-state index contributed by atoms with van der Waals surface area (Å²) in [5.41, 5.74) is 0. The van der Waals surface area contributed by atoms with E-state index in [2.05, 4.69) is 10.6 Å². The van der Waals surface area contributed by atoms with Gasteiger partial charge in [-0.2, -0.15) is 0 Å². The van der Waals surface area contributed by atoms with Gasteiger partial charge in [0.05, 0.1) is 6.04 Å². The average molecular weight is 272 g/mol. The topological polar surface area (TPSA) is 75.3 Å². The number of Topliss-reactive ketones (excluding diaryl/α,β-unsaturated/α-hetero) is 2. The van der Waals surface area contributed by atoms with E-state index in [1.807, 2.05) is 21.0 Å². The zero-order valence-corrected chi connectivity index (χ0v) is 12.8. The Morgan fingerprint density at radius 1 is 1.16 bits per heavy atom. The maximum Gasteiger partial charge on any atom is 0.146 e. The number of aldehydes is 1. The van der Waals surface area contributed by atoms with Gasteiger partial charge in [0.25, 0.3) is 0 Å². The lowest BCUT2D eigenvalue weighted by atomic mass is 9.99. The summed E-state index contributed by atoms with van der Waals surface area (Å²) in [4.78, 5) is 31.3. The monoisotopic (exact) mass is 272 g/mol. The molecule has 5 nitrogen and oxygen atoms in total. The molecule has 0 bridgehead atoms. The van der Waals surface area contributed by atoms with Gasteiger partial charge < -0.3 is 15.4 Å². The SMILES string of the molecule is CC[C@@H](CC=O)C(C)=O.CNCC[C@H](NC)C(C)=O. The van der Waals surface area contributed by atoms with Crippen LogP contribution in [-0.2, 0) is 14.4 Å². The van der Waals surface area contributed by atoms with E-state index in [1.165, 1.54) is 6.92 Å². The van der Waals surface area contributed by atoms with E-state index in [1.54, 1.807) is 6.92 Å². The molecular weight excluding hydrogens is 244 g/mol. The molecule has 0 aliphatic heterocycles. The molecule has 0 aliphatic carbocycles. The second-order valence-electron chi connectivity index (χ2n) is 4.46. The Balaban J connectivity index is 0. The molecule has 0 amide bonds. The molecule has 0 aromatic carbocycles. The molecule has 0 radical (unpaired) electrons. The van der Waals surface area contributed by atoms with Crippen molar-refractivity contribution in [3.8, 4) is 0 Å². The fourth-order valence-electron chi connectivity index (χ4n) is 1.58. The number of hydrogen-bond donors (Lipinski definition) is 2. The van der Waals surface area contributed by atoms with Gasteiger partial charge in [-0.1, -0.05) is 6.92 Å². The van der Waals surface area contributed by atoms with Crippen LogP contribution in [0.4, 0.5) is 0 Å². The first kappa shape index (κ1) is 20.3. The van der Waals surface area contributed by atoms with Crippen molar-refractivity contribution in [1.29, 1.82) is 0 Å². The Morgan fingerprint density at radius 3 is 1.95 bits per heavy atom. The summed E-state index contributed by atoms with van der Waals surface area (Å²) in [6.07, 6.45) is 2.82. The van der Waals surface area contributed by atoms with Crippen LogP contribution in [0.25, 0.3) is 0 Å². The highest BCUT2D eigenvalue weighted by atomic mass is 16.1. The number of rotatable bonds is 9. The summed E-state index contributed by atoms with van der Waals surface area (Å²) in [6, 6.07) is 0.0208. The fourth-order valence-corrected chi connectivity index (χ4v) is 1.58. The van der Waals surface area contributed by atoms with Gasteiger partial charge in [0, 0.05) is 12.3 Å². The highest BCUT2D eigenvalue weighted by Crippen LogP contribution is 2.06. The molecule has 0 aromatic rings. The van der Waals surface area contributed by atoms with E-state index >= 15 is 0 Å². The van der Waals surface area contributed by atoms with Crippen molar-refractivity contribution in [3.05, 3.63) is 0 Å². The van der Waals surface area contributed by atoms with Crippen LogP contribution < -0.4 is 10.6 Å². The van der Waals surface area contributed by atoms with Crippen molar-refractivity contribution in [1.82, 2.24) is 10.6 Å².